The van der Waals surface area contributed by atoms with Gasteiger partial charge in [0.25, 0.3) is 11.5 Å². The molecule has 7 nitrogen and oxygen atoms in total. The van der Waals surface area contributed by atoms with Crippen LogP contribution in [0.2, 0.25) is 0 Å². The molecule has 0 radical (unpaired) electrons. The molecule has 0 bridgehead atoms. The van der Waals surface area contributed by atoms with Crippen molar-refractivity contribution in [1.82, 2.24) is 14.3 Å². The lowest BCUT2D eigenvalue weighted by Gasteiger charge is -2.29. The molecule has 3 fully saturated rings. The maximum Gasteiger partial charge on any atom is 0.267 e. The second kappa shape index (κ2) is 9.33. The number of hydrogen-bond donors (Lipinski definition) is 1. The summed E-state index contributed by atoms with van der Waals surface area (Å²) in [6, 6.07) is 5.60. The average Bonchev–Trinajstić information content (AvgIpc) is 3.43. The minimum Gasteiger partial charge on any atom is -0.376 e. The van der Waals surface area contributed by atoms with Gasteiger partial charge in [-0.3, -0.25) is 18.9 Å². The van der Waals surface area contributed by atoms with Gasteiger partial charge in [0, 0.05) is 25.4 Å². The number of thiocarbonyl (C=S) groups is 1. The molecular formula is C23H26N4O3S2. The van der Waals surface area contributed by atoms with Crippen molar-refractivity contribution in [2.75, 3.05) is 18.5 Å². The molecule has 1 amide bonds. The summed E-state index contributed by atoms with van der Waals surface area (Å²) < 4.78 is 7.79. The number of carbonyl (C=O) groups excluding carboxylic acids is 1. The van der Waals surface area contributed by atoms with E-state index in [9.17, 15) is 9.59 Å². The number of nitrogens with one attached hydrogen (secondary N) is 1. The van der Waals surface area contributed by atoms with Crippen molar-refractivity contribution in [2.45, 2.75) is 57.1 Å². The maximum atomic E-state index is 13.3. The second-order valence-corrected chi connectivity index (χ2v) is 10.1. The Balaban J connectivity index is 1.50. The van der Waals surface area contributed by atoms with E-state index in [2.05, 4.69) is 10.3 Å². The average molecular weight is 471 g/mol. The van der Waals surface area contributed by atoms with E-state index in [4.69, 9.17) is 17.0 Å². The minimum absolute atomic E-state index is 0.100. The van der Waals surface area contributed by atoms with Gasteiger partial charge in [-0.1, -0.05) is 49.3 Å². The van der Waals surface area contributed by atoms with E-state index in [0.29, 0.717) is 32.8 Å². The summed E-state index contributed by atoms with van der Waals surface area (Å²) >= 11 is 6.83. The molecule has 2 saturated heterocycles. The van der Waals surface area contributed by atoms with Gasteiger partial charge in [-0.2, -0.15) is 0 Å². The molecule has 2 aromatic rings. The van der Waals surface area contributed by atoms with Gasteiger partial charge in [-0.05, 0) is 43.9 Å². The second-order valence-electron chi connectivity index (χ2n) is 8.47. The van der Waals surface area contributed by atoms with E-state index in [1.54, 1.807) is 29.3 Å². The number of thioether (sulfide) groups is 1. The van der Waals surface area contributed by atoms with E-state index >= 15 is 0 Å². The Morgan fingerprint density at radius 3 is 2.81 bits per heavy atom. The Labute approximate surface area is 196 Å². The summed E-state index contributed by atoms with van der Waals surface area (Å²) in [5.74, 6) is 0.370. The van der Waals surface area contributed by atoms with Crippen molar-refractivity contribution in [3.05, 3.63) is 45.2 Å². The van der Waals surface area contributed by atoms with Crippen LogP contribution < -0.4 is 10.9 Å². The highest BCUT2D eigenvalue weighted by molar-refractivity contribution is 8.26. The van der Waals surface area contributed by atoms with E-state index in [-0.39, 0.29) is 23.6 Å². The van der Waals surface area contributed by atoms with Crippen LogP contribution >= 0.6 is 24.0 Å². The number of rotatable bonds is 5. The fourth-order valence-corrected chi connectivity index (χ4v) is 6.03. The smallest absolute Gasteiger partial charge is 0.267 e. The number of nitrogens with zero attached hydrogens (tertiary/aromatic N) is 3. The SMILES string of the molecule is O=C1C(=Cc2c(NCC3CCCO3)nc3ccccn3c2=O)SC(=S)N1C1CCCCC1. The summed E-state index contributed by atoms with van der Waals surface area (Å²) in [4.78, 5) is 33.5. The number of anilines is 1. The molecule has 9 heteroatoms. The Kier molecular flexibility index (Phi) is 6.30. The van der Waals surface area contributed by atoms with Crippen LogP contribution in [0.3, 0.4) is 0 Å². The zero-order valence-electron chi connectivity index (χ0n) is 17.8. The van der Waals surface area contributed by atoms with E-state index in [1.165, 1.54) is 22.6 Å². The first-order chi connectivity index (χ1) is 15.6. The van der Waals surface area contributed by atoms with Crippen LogP contribution in [0, 0.1) is 0 Å². The van der Waals surface area contributed by atoms with Gasteiger partial charge in [0.1, 0.15) is 15.8 Å². The summed E-state index contributed by atoms with van der Waals surface area (Å²) in [5, 5.41) is 3.30. The van der Waals surface area contributed by atoms with Crippen LogP contribution in [0.4, 0.5) is 5.82 Å². The predicted molar refractivity (Wildman–Crippen MR) is 131 cm³/mol. The van der Waals surface area contributed by atoms with Gasteiger partial charge < -0.3 is 10.1 Å². The molecule has 0 aromatic carbocycles. The lowest BCUT2D eigenvalue weighted by atomic mass is 9.94. The molecule has 1 N–H and O–H groups in total. The maximum absolute atomic E-state index is 13.3. The summed E-state index contributed by atoms with van der Waals surface area (Å²) in [6.45, 7) is 1.33. The number of aromatic nitrogens is 2. The Hall–Kier alpha value is -2.23. The third kappa shape index (κ3) is 4.21. The van der Waals surface area contributed by atoms with Crippen LogP contribution in [-0.4, -0.2) is 49.8 Å². The zero-order valence-corrected chi connectivity index (χ0v) is 19.4. The number of amides is 1. The topological polar surface area (TPSA) is 75.9 Å². The van der Waals surface area contributed by atoms with Gasteiger partial charge in [0.05, 0.1) is 16.6 Å². The molecule has 3 aliphatic rings. The highest BCUT2D eigenvalue weighted by atomic mass is 32.2. The van der Waals surface area contributed by atoms with E-state index in [0.717, 1.165) is 45.1 Å². The normalized spacial score (nSPS) is 23.6. The van der Waals surface area contributed by atoms with Crippen molar-refractivity contribution >= 4 is 51.7 Å². The third-order valence-corrected chi connectivity index (χ3v) is 7.66. The predicted octanol–water partition coefficient (Wildman–Crippen LogP) is 3.82. The summed E-state index contributed by atoms with van der Waals surface area (Å²) in [7, 11) is 0. The van der Waals surface area contributed by atoms with E-state index < -0.39 is 0 Å². The van der Waals surface area contributed by atoms with Crippen LogP contribution in [0.1, 0.15) is 50.5 Å². The molecule has 1 aliphatic carbocycles. The zero-order chi connectivity index (χ0) is 22.1. The van der Waals surface area contributed by atoms with Crippen molar-refractivity contribution in [1.29, 1.82) is 0 Å². The number of hydrogen-bond acceptors (Lipinski definition) is 7. The number of ether oxygens (including phenoxy) is 1. The number of fused-ring (bicyclic) bond motifs is 1. The molecule has 0 spiro atoms. The van der Waals surface area contributed by atoms with E-state index in [1.807, 2.05) is 6.07 Å². The summed E-state index contributed by atoms with van der Waals surface area (Å²) in [5.41, 5.74) is 0.712. The highest BCUT2D eigenvalue weighted by Crippen LogP contribution is 2.37. The highest BCUT2D eigenvalue weighted by Gasteiger charge is 2.37. The first-order valence-electron chi connectivity index (χ1n) is 11.3. The Morgan fingerprint density at radius 1 is 1.19 bits per heavy atom. The molecule has 2 aromatic heterocycles. The standard InChI is InChI=1S/C23H26N4O3S2/c28-21-17(13-18-22(29)27(23(31)32-18)15-7-2-1-3-8-15)20(24-14-16-9-6-12-30-16)25-19-10-4-5-11-26(19)21/h4-5,10-11,13,15-16,24H,1-3,6-9,12,14H2. The lowest BCUT2D eigenvalue weighted by Crippen LogP contribution is -2.39. The van der Waals surface area contributed by atoms with Crippen molar-refractivity contribution in [2.24, 2.45) is 0 Å². The van der Waals surface area contributed by atoms with Gasteiger partial charge in [0.2, 0.25) is 0 Å². The van der Waals surface area contributed by atoms with Crippen LogP contribution in [0.25, 0.3) is 11.7 Å². The Bertz CT molecular complexity index is 1130. The summed E-state index contributed by atoms with van der Waals surface area (Å²) in [6.07, 6.45) is 10.9. The van der Waals surface area contributed by atoms with Crippen LogP contribution in [0.15, 0.2) is 34.1 Å². The molecular weight excluding hydrogens is 444 g/mol. The first kappa shape index (κ1) is 21.6. The molecule has 1 saturated carbocycles. The number of carbonyl (C=O) groups is 1. The molecule has 32 heavy (non-hydrogen) atoms. The molecule has 2 aliphatic heterocycles. The number of pyridine rings is 1. The molecule has 1 atom stereocenters. The van der Waals surface area contributed by atoms with Crippen LogP contribution in [-0.2, 0) is 9.53 Å². The quantitative estimate of drug-likeness (QED) is 0.526. The van der Waals surface area contributed by atoms with Crippen molar-refractivity contribution in [3.63, 3.8) is 0 Å². The van der Waals surface area contributed by atoms with Crippen LogP contribution in [0.5, 0.6) is 0 Å². The largest absolute Gasteiger partial charge is 0.376 e. The fourth-order valence-electron chi connectivity index (χ4n) is 4.65. The monoisotopic (exact) mass is 470 g/mol. The fraction of sp³-hybridized carbons (Fsp3) is 0.478. The molecule has 1 unspecified atom stereocenters. The van der Waals surface area contributed by atoms with Crippen molar-refractivity contribution < 1.29 is 9.53 Å². The molecule has 4 heterocycles. The minimum atomic E-state index is -0.214. The lowest BCUT2D eigenvalue weighted by molar-refractivity contribution is -0.124. The van der Waals surface area contributed by atoms with Gasteiger partial charge in [0.15, 0.2) is 0 Å². The first-order valence-corrected chi connectivity index (χ1v) is 12.5. The third-order valence-electron chi connectivity index (χ3n) is 6.33. The molecule has 168 valence electrons. The van der Waals surface area contributed by atoms with Gasteiger partial charge >= 0.3 is 0 Å². The van der Waals surface area contributed by atoms with Crippen molar-refractivity contribution in [3.8, 4) is 0 Å². The molecule has 5 rings (SSSR count). The van der Waals surface area contributed by atoms with Gasteiger partial charge in [-0.15, -0.1) is 0 Å². The van der Waals surface area contributed by atoms with Gasteiger partial charge in [-0.25, -0.2) is 4.98 Å². The Morgan fingerprint density at radius 2 is 2.03 bits per heavy atom.